The zero-order chi connectivity index (χ0) is 14.4. The summed E-state index contributed by atoms with van der Waals surface area (Å²) in [5.41, 5.74) is 1.22. The van der Waals surface area contributed by atoms with Crippen molar-refractivity contribution < 1.29 is 4.74 Å². The molecular formula is C14H21N5O. The molecule has 0 spiro atoms. The Morgan fingerprint density at radius 1 is 1.55 bits per heavy atom. The first-order valence-corrected chi connectivity index (χ1v) is 6.96. The molecule has 1 aliphatic heterocycles. The summed E-state index contributed by atoms with van der Waals surface area (Å²) in [5, 5.41) is 12.5. The number of nitriles is 1. The zero-order valence-corrected chi connectivity index (χ0v) is 12.1. The van der Waals surface area contributed by atoms with Crippen LogP contribution in [-0.4, -0.2) is 49.4 Å². The fourth-order valence-corrected chi connectivity index (χ4v) is 2.40. The summed E-state index contributed by atoms with van der Waals surface area (Å²) in [6.45, 7) is 5.14. The lowest BCUT2D eigenvalue weighted by Crippen LogP contribution is -2.40. The maximum Gasteiger partial charge on any atom is 0.226 e. The van der Waals surface area contributed by atoms with Gasteiger partial charge < -0.3 is 15.0 Å². The minimum atomic E-state index is 0.411. The molecular weight excluding hydrogens is 254 g/mol. The fraction of sp³-hybridized carbons (Fsp3) is 0.643. The summed E-state index contributed by atoms with van der Waals surface area (Å²) in [7, 11) is 1.68. The highest BCUT2D eigenvalue weighted by atomic mass is 16.5. The van der Waals surface area contributed by atoms with E-state index in [2.05, 4.69) is 26.3 Å². The summed E-state index contributed by atoms with van der Waals surface area (Å²) in [5.74, 6) is 0.618. The molecule has 1 fully saturated rings. The van der Waals surface area contributed by atoms with E-state index in [0.717, 1.165) is 25.3 Å². The van der Waals surface area contributed by atoms with Crippen LogP contribution in [0.5, 0.6) is 0 Å². The molecule has 0 radical (unpaired) electrons. The minimum Gasteiger partial charge on any atom is -0.383 e. The number of nitrogens with one attached hydrogen (secondary N) is 1. The van der Waals surface area contributed by atoms with Crippen molar-refractivity contribution in [1.82, 2.24) is 15.3 Å². The Hall–Kier alpha value is -1.71. The smallest absolute Gasteiger partial charge is 0.226 e. The first kappa shape index (κ1) is 14.7. The van der Waals surface area contributed by atoms with E-state index < -0.39 is 0 Å². The Morgan fingerprint density at radius 3 is 3.05 bits per heavy atom. The Bertz CT molecular complexity index is 479. The minimum absolute atomic E-state index is 0.411. The third-order valence-corrected chi connectivity index (χ3v) is 3.41. The van der Waals surface area contributed by atoms with Gasteiger partial charge in [-0.1, -0.05) is 0 Å². The summed E-state index contributed by atoms with van der Waals surface area (Å²) in [4.78, 5) is 10.9. The normalized spacial score (nSPS) is 17.9. The van der Waals surface area contributed by atoms with E-state index in [1.807, 2.05) is 6.92 Å². The topological polar surface area (TPSA) is 74.1 Å². The average Bonchev–Trinajstić information content (AvgIpc) is 2.95. The third-order valence-electron chi connectivity index (χ3n) is 3.41. The van der Waals surface area contributed by atoms with Crippen LogP contribution in [0.2, 0.25) is 0 Å². The number of aromatic nitrogens is 2. The standard InChI is InChI=1S/C14H21N5O/c1-11-8-13(9-15)18-14(17-11)19(6-7-20-2)10-12-4-3-5-16-12/h8,12,16H,3-7,10H2,1-2H3. The van der Waals surface area contributed by atoms with Gasteiger partial charge in [0.1, 0.15) is 11.8 Å². The quantitative estimate of drug-likeness (QED) is 0.830. The highest BCUT2D eigenvalue weighted by Crippen LogP contribution is 2.14. The van der Waals surface area contributed by atoms with Gasteiger partial charge in [0.05, 0.1) is 6.61 Å². The molecule has 1 saturated heterocycles. The van der Waals surface area contributed by atoms with Crippen LogP contribution in [0.4, 0.5) is 5.95 Å². The second-order valence-corrected chi connectivity index (χ2v) is 5.04. The van der Waals surface area contributed by atoms with Gasteiger partial charge in [-0.25, -0.2) is 9.97 Å². The Balaban J connectivity index is 2.15. The Morgan fingerprint density at radius 2 is 2.40 bits per heavy atom. The molecule has 0 aromatic carbocycles. The molecule has 2 rings (SSSR count). The van der Waals surface area contributed by atoms with Crippen LogP contribution in [0, 0.1) is 18.3 Å². The lowest BCUT2D eigenvalue weighted by atomic mass is 10.2. The molecule has 1 N–H and O–H groups in total. The number of ether oxygens (including phenoxy) is 1. The van der Waals surface area contributed by atoms with Crippen molar-refractivity contribution in [2.24, 2.45) is 0 Å². The van der Waals surface area contributed by atoms with E-state index >= 15 is 0 Å². The van der Waals surface area contributed by atoms with Crippen LogP contribution in [0.25, 0.3) is 0 Å². The van der Waals surface area contributed by atoms with Crippen LogP contribution < -0.4 is 10.2 Å². The van der Waals surface area contributed by atoms with Gasteiger partial charge in [-0.2, -0.15) is 5.26 Å². The molecule has 6 heteroatoms. The van der Waals surface area contributed by atoms with E-state index in [1.54, 1.807) is 13.2 Å². The lowest BCUT2D eigenvalue weighted by molar-refractivity contribution is 0.204. The molecule has 1 atom stereocenters. The van der Waals surface area contributed by atoms with E-state index in [4.69, 9.17) is 10.00 Å². The SMILES string of the molecule is COCCN(CC1CCCN1)c1nc(C)cc(C#N)n1. The van der Waals surface area contributed by atoms with Gasteiger partial charge in [0.2, 0.25) is 5.95 Å². The maximum atomic E-state index is 9.03. The van der Waals surface area contributed by atoms with E-state index in [-0.39, 0.29) is 0 Å². The van der Waals surface area contributed by atoms with Gasteiger partial charge in [0, 0.05) is 31.9 Å². The van der Waals surface area contributed by atoms with Crippen molar-refractivity contribution in [1.29, 1.82) is 5.26 Å². The second kappa shape index (κ2) is 7.17. The van der Waals surface area contributed by atoms with Crippen molar-refractivity contribution in [2.45, 2.75) is 25.8 Å². The second-order valence-electron chi connectivity index (χ2n) is 5.04. The Labute approximate surface area is 119 Å². The first-order valence-electron chi connectivity index (χ1n) is 6.96. The van der Waals surface area contributed by atoms with Crippen LogP contribution in [-0.2, 0) is 4.74 Å². The van der Waals surface area contributed by atoms with Gasteiger partial charge in [0.15, 0.2) is 0 Å². The highest BCUT2D eigenvalue weighted by molar-refractivity contribution is 5.36. The van der Waals surface area contributed by atoms with Gasteiger partial charge >= 0.3 is 0 Å². The van der Waals surface area contributed by atoms with Gasteiger partial charge in [-0.3, -0.25) is 0 Å². The molecule has 0 aliphatic carbocycles. The summed E-state index contributed by atoms with van der Waals surface area (Å²) in [6.07, 6.45) is 2.38. The maximum absolute atomic E-state index is 9.03. The molecule has 1 aliphatic rings. The number of hydrogen-bond acceptors (Lipinski definition) is 6. The van der Waals surface area contributed by atoms with Gasteiger partial charge in [-0.15, -0.1) is 0 Å². The zero-order valence-electron chi connectivity index (χ0n) is 12.1. The first-order chi connectivity index (χ1) is 9.72. The molecule has 0 amide bonds. The molecule has 0 bridgehead atoms. The van der Waals surface area contributed by atoms with Crippen LogP contribution >= 0.6 is 0 Å². The summed E-state index contributed by atoms with van der Waals surface area (Å²) >= 11 is 0. The number of anilines is 1. The number of methoxy groups -OCH3 is 1. The van der Waals surface area contributed by atoms with Crippen LogP contribution in [0.1, 0.15) is 24.2 Å². The largest absolute Gasteiger partial charge is 0.383 e. The summed E-state index contributed by atoms with van der Waals surface area (Å²) < 4.78 is 5.16. The molecule has 1 aromatic heterocycles. The number of nitrogens with zero attached hydrogens (tertiary/aromatic N) is 4. The predicted molar refractivity (Wildman–Crippen MR) is 76.6 cm³/mol. The predicted octanol–water partition coefficient (Wildman–Crippen LogP) is 0.861. The van der Waals surface area contributed by atoms with Crippen LogP contribution in [0.3, 0.4) is 0 Å². The molecule has 1 aromatic rings. The lowest BCUT2D eigenvalue weighted by Gasteiger charge is -2.25. The highest BCUT2D eigenvalue weighted by Gasteiger charge is 2.20. The molecule has 1 unspecified atom stereocenters. The molecule has 20 heavy (non-hydrogen) atoms. The molecule has 2 heterocycles. The van der Waals surface area contributed by atoms with Crippen LogP contribution in [0.15, 0.2) is 6.07 Å². The number of aryl methyl sites for hydroxylation is 1. The van der Waals surface area contributed by atoms with Gasteiger partial charge in [-0.05, 0) is 32.4 Å². The van der Waals surface area contributed by atoms with E-state index in [9.17, 15) is 0 Å². The Kier molecular flexibility index (Phi) is 5.27. The molecule has 6 nitrogen and oxygen atoms in total. The van der Waals surface area contributed by atoms with E-state index in [1.165, 1.54) is 12.8 Å². The van der Waals surface area contributed by atoms with Crippen molar-refractivity contribution in [2.75, 3.05) is 38.3 Å². The number of rotatable bonds is 6. The third kappa shape index (κ3) is 3.89. The van der Waals surface area contributed by atoms with Crippen molar-refractivity contribution in [3.05, 3.63) is 17.5 Å². The van der Waals surface area contributed by atoms with Gasteiger partial charge in [0.25, 0.3) is 0 Å². The average molecular weight is 275 g/mol. The summed E-state index contributed by atoms with van der Waals surface area (Å²) in [6, 6.07) is 4.25. The molecule has 0 saturated carbocycles. The van der Waals surface area contributed by atoms with Crippen molar-refractivity contribution >= 4 is 5.95 Å². The monoisotopic (exact) mass is 275 g/mol. The number of hydrogen-bond donors (Lipinski definition) is 1. The van der Waals surface area contributed by atoms with E-state index in [0.29, 0.717) is 24.3 Å². The van der Waals surface area contributed by atoms with Crippen molar-refractivity contribution in [3.63, 3.8) is 0 Å². The fourth-order valence-electron chi connectivity index (χ4n) is 2.40. The molecule has 108 valence electrons. The van der Waals surface area contributed by atoms with Crippen molar-refractivity contribution in [3.8, 4) is 6.07 Å².